The Bertz CT molecular complexity index is 471. The number of sulfonamides is 1. The van der Waals surface area contributed by atoms with Gasteiger partial charge in [-0.15, -0.1) is 0 Å². The van der Waals surface area contributed by atoms with Gasteiger partial charge >= 0.3 is 0 Å². The second kappa shape index (κ2) is 5.12. The van der Waals surface area contributed by atoms with Crippen molar-refractivity contribution in [2.45, 2.75) is 13.8 Å². The first-order valence-electron chi connectivity index (χ1n) is 4.54. The van der Waals surface area contributed by atoms with Gasteiger partial charge in [-0.05, 0) is 13.8 Å². The van der Waals surface area contributed by atoms with Crippen LogP contribution in [0.1, 0.15) is 13.8 Å². The first-order valence-corrected chi connectivity index (χ1v) is 8.25. The molecule has 0 saturated heterocycles. The Kier molecular flexibility index (Phi) is 4.91. The number of rotatable bonds is 6. The zero-order chi connectivity index (χ0) is 13.0. The molecule has 0 atom stereocenters. The van der Waals surface area contributed by atoms with Crippen molar-refractivity contribution in [3.05, 3.63) is 0 Å². The van der Waals surface area contributed by atoms with Gasteiger partial charge in [0, 0.05) is 12.8 Å². The van der Waals surface area contributed by atoms with Crippen molar-refractivity contribution in [2.75, 3.05) is 24.3 Å². The van der Waals surface area contributed by atoms with Crippen molar-refractivity contribution >= 4 is 19.9 Å². The van der Waals surface area contributed by atoms with E-state index < -0.39 is 36.8 Å². The summed E-state index contributed by atoms with van der Waals surface area (Å²) in [6.45, 7) is 3.15. The van der Waals surface area contributed by atoms with Gasteiger partial charge in [-0.1, -0.05) is 0 Å². The normalized spacial score (nSPS) is 13.4. The number of nitriles is 1. The molecule has 0 aromatic heterocycles. The van der Waals surface area contributed by atoms with E-state index in [0.29, 0.717) is 0 Å². The Morgan fingerprint density at radius 2 is 1.69 bits per heavy atom. The lowest BCUT2D eigenvalue weighted by molar-refractivity contribution is 0.479. The molecule has 0 unspecified atom stereocenters. The van der Waals surface area contributed by atoms with Crippen LogP contribution in [0.25, 0.3) is 0 Å². The monoisotopic (exact) mass is 268 g/mol. The molecule has 0 aliphatic rings. The van der Waals surface area contributed by atoms with Crippen LogP contribution in [-0.4, -0.2) is 41.1 Å². The number of hydrogen-bond donors (Lipinski definition) is 1. The molecule has 6 nitrogen and oxygen atoms in total. The molecule has 0 amide bonds. The van der Waals surface area contributed by atoms with Crippen LogP contribution >= 0.6 is 0 Å². The molecule has 0 heterocycles. The molecule has 0 aromatic carbocycles. The third-order valence-corrected chi connectivity index (χ3v) is 4.29. The maximum absolute atomic E-state index is 11.4. The van der Waals surface area contributed by atoms with Gasteiger partial charge in [-0.3, -0.25) is 0 Å². The molecule has 0 rings (SSSR count). The van der Waals surface area contributed by atoms with Crippen LogP contribution in [0.2, 0.25) is 0 Å². The fraction of sp³-hybridized carbons (Fsp3) is 0.875. The van der Waals surface area contributed by atoms with E-state index in [2.05, 4.69) is 4.72 Å². The van der Waals surface area contributed by atoms with Crippen molar-refractivity contribution in [1.29, 1.82) is 5.26 Å². The summed E-state index contributed by atoms with van der Waals surface area (Å²) in [5, 5.41) is 8.67. The van der Waals surface area contributed by atoms with Crippen LogP contribution in [0.3, 0.4) is 0 Å². The summed E-state index contributed by atoms with van der Waals surface area (Å²) in [4.78, 5) is 0. The predicted octanol–water partition coefficient (Wildman–Crippen LogP) is -0.500. The van der Waals surface area contributed by atoms with Crippen molar-refractivity contribution in [1.82, 2.24) is 4.72 Å². The maximum Gasteiger partial charge on any atom is 0.212 e. The van der Waals surface area contributed by atoms with Gasteiger partial charge in [0.2, 0.25) is 10.0 Å². The summed E-state index contributed by atoms with van der Waals surface area (Å²) in [5.74, 6) is -0.900. The zero-order valence-corrected chi connectivity index (χ0v) is 11.2. The summed E-state index contributed by atoms with van der Waals surface area (Å²) in [6, 6.07) is 1.94. The number of hydrogen-bond acceptors (Lipinski definition) is 5. The topological polar surface area (TPSA) is 104 Å². The van der Waals surface area contributed by atoms with Crippen LogP contribution in [0.4, 0.5) is 0 Å². The highest BCUT2D eigenvalue weighted by Gasteiger charge is 2.21. The second-order valence-electron chi connectivity index (χ2n) is 4.27. The Balaban J connectivity index is 4.35. The minimum atomic E-state index is -3.64. The molecule has 1 N–H and O–H groups in total. The van der Waals surface area contributed by atoms with Crippen LogP contribution in [-0.2, 0) is 19.9 Å². The maximum atomic E-state index is 11.4. The average molecular weight is 268 g/mol. The third-order valence-electron chi connectivity index (χ3n) is 1.76. The van der Waals surface area contributed by atoms with E-state index in [0.717, 1.165) is 6.26 Å². The molecule has 0 bridgehead atoms. The van der Waals surface area contributed by atoms with E-state index in [9.17, 15) is 16.8 Å². The highest BCUT2D eigenvalue weighted by Crippen LogP contribution is 2.11. The molecule has 0 aliphatic carbocycles. The highest BCUT2D eigenvalue weighted by molar-refractivity contribution is 7.93. The van der Waals surface area contributed by atoms with E-state index in [1.165, 1.54) is 0 Å². The van der Waals surface area contributed by atoms with E-state index in [1.807, 2.05) is 6.07 Å². The summed E-state index contributed by atoms with van der Waals surface area (Å²) < 4.78 is 46.5. The number of nitrogens with zero attached hydrogens (tertiary/aromatic N) is 1. The molecule has 8 heteroatoms. The van der Waals surface area contributed by atoms with Crippen molar-refractivity contribution in [2.24, 2.45) is 5.41 Å². The largest absolute Gasteiger partial charge is 0.229 e. The Morgan fingerprint density at radius 3 is 2.06 bits per heavy atom. The fourth-order valence-electron chi connectivity index (χ4n) is 0.663. The van der Waals surface area contributed by atoms with Crippen LogP contribution in [0, 0.1) is 16.7 Å². The lowest BCUT2D eigenvalue weighted by atomic mass is 9.97. The van der Waals surface area contributed by atoms with Crippen molar-refractivity contribution in [3.8, 4) is 6.07 Å². The van der Waals surface area contributed by atoms with E-state index in [4.69, 9.17) is 5.26 Å². The SMILES string of the molecule is CC(C)(C#N)CNS(=O)(=O)CCS(C)(=O)=O. The zero-order valence-electron chi connectivity index (χ0n) is 9.52. The molecular formula is C8H16N2O4S2. The van der Waals surface area contributed by atoms with Gasteiger partial charge in [-0.25, -0.2) is 21.6 Å². The van der Waals surface area contributed by atoms with Gasteiger partial charge in [0.25, 0.3) is 0 Å². The predicted molar refractivity (Wildman–Crippen MR) is 60.9 cm³/mol. The van der Waals surface area contributed by atoms with Crippen LogP contribution < -0.4 is 4.72 Å². The molecule has 16 heavy (non-hydrogen) atoms. The van der Waals surface area contributed by atoms with Gasteiger partial charge in [0.1, 0.15) is 9.84 Å². The lowest BCUT2D eigenvalue weighted by Crippen LogP contribution is -2.36. The standard InChI is InChI=1S/C8H16N2O4S2/c1-8(2,6-9)7-10-16(13,14)5-4-15(3,11)12/h10H,4-5,7H2,1-3H3. The minimum absolute atomic E-state index is 0.0321. The molecule has 0 aliphatic heterocycles. The Labute approximate surface area is 96.6 Å². The minimum Gasteiger partial charge on any atom is -0.229 e. The molecular weight excluding hydrogens is 252 g/mol. The van der Waals surface area contributed by atoms with E-state index in [-0.39, 0.29) is 6.54 Å². The second-order valence-corrected chi connectivity index (χ2v) is 8.45. The molecule has 0 spiro atoms. The van der Waals surface area contributed by atoms with Gasteiger partial charge in [0.15, 0.2) is 0 Å². The summed E-state index contributed by atoms with van der Waals surface area (Å²) >= 11 is 0. The molecule has 0 saturated carbocycles. The molecule has 0 radical (unpaired) electrons. The van der Waals surface area contributed by atoms with Gasteiger partial charge < -0.3 is 0 Å². The number of sulfone groups is 1. The summed E-state index contributed by atoms with van der Waals surface area (Å²) in [5.41, 5.74) is -0.807. The quantitative estimate of drug-likeness (QED) is 0.699. The van der Waals surface area contributed by atoms with Crippen molar-refractivity contribution in [3.63, 3.8) is 0 Å². The van der Waals surface area contributed by atoms with Gasteiger partial charge in [0.05, 0.1) is 23.0 Å². The van der Waals surface area contributed by atoms with E-state index >= 15 is 0 Å². The summed E-state index contributed by atoms with van der Waals surface area (Å²) in [7, 11) is -6.94. The smallest absolute Gasteiger partial charge is 0.212 e. The Hall–Kier alpha value is -0.650. The van der Waals surface area contributed by atoms with Gasteiger partial charge in [-0.2, -0.15) is 5.26 Å². The van der Waals surface area contributed by atoms with Crippen molar-refractivity contribution < 1.29 is 16.8 Å². The van der Waals surface area contributed by atoms with Crippen LogP contribution in [0.5, 0.6) is 0 Å². The molecule has 94 valence electrons. The average Bonchev–Trinajstić information content (AvgIpc) is 2.12. The first kappa shape index (κ1) is 15.3. The number of nitrogens with one attached hydrogen (secondary N) is 1. The molecule has 0 aromatic rings. The molecule has 0 fully saturated rings. The van der Waals surface area contributed by atoms with E-state index in [1.54, 1.807) is 13.8 Å². The van der Waals surface area contributed by atoms with Crippen LogP contribution in [0.15, 0.2) is 0 Å². The fourth-order valence-corrected chi connectivity index (χ4v) is 3.48. The summed E-state index contributed by atoms with van der Waals surface area (Å²) in [6.07, 6.45) is 0.974. The lowest BCUT2D eigenvalue weighted by Gasteiger charge is -2.15. The first-order chi connectivity index (χ1) is 6.97. The Morgan fingerprint density at radius 1 is 1.19 bits per heavy atom. The third kappa shape index (κ3) is 7.62. The highest BCUT2D eigenvalue weighted by atomic mass is 32.2.